The Labute approximate surface area is 299 Å². The summed E-state index contributed by atoms with van der Waals surface area (Å²) in [6, 6.07) is 30.7. The number of hydrogen-bond donors (Lipinski definition) is 1. The number of aliphatic hydroxyl groups is 1. The first-order valence-corrected chi connectivity index (χ1v) is 20.8. The van der Waals surface area contributed by atoms with Crippen molar-refractivity contribution in [3.8, 4) is 0 Å². The topological polar surface area (TPSA) is 50.2 Å². The van der Waals surface area contributed by atoms with Gasteiger partial charge in [-0.25, -0.2) is 0 Å². The van der Waals surface area contributed by atoms with E-state index < -0.39 is 8.07 Å². The van der Waals surface area contributed by atoms with E-state index in [2.05, 4.69) is 98.5 Å². The Hall–Kier alpha value is -3.63. The first-order chi connectivity index (χ1) is 22.6. The van der Waals surface area contributed by atoms with E-state index in [0.717, 1.165) is 42.0 Å². The maximum absolute atomic E-state index is 11.7. The van der Waals surface area contributed by atoms with Crippen LogP contribution < -0.4 is 5.19 Å². The molecule has 0 saturated carbocycles. The maximum atomic E-state index is 11.7. The summed E-state index contributed by atoms with van der Waals surface area (Å²) in [5.41, 5.74) is 1.06. The molecule has 7 rings (SSSR count). The van der Waals surface area contributed by atoms with Crippen LogP contribution in [0.15, 0.2) is 90.8 Å². The van der Waals surface area contributed by atoms with Gasteiger partial charge in [0.15, 0.2) is 5.78 Å². The van der Waals surface area contributed by atoms with E-state index in [4.69, 9.17) is 4.98 Å². The molecule has 0 bridgehead atoms. The molecular weight excluding hydrogens is 783 g/mol. The van der Waals surface area contributed by atoms with Crippen molar-refractivity contribution >= 4 is 83.8 Å². The summed E-state index contributed by atoms with van der Waals surface area (Å²) in [5, 5.41) is 25.2. The SMILES string of the molecule is CCC(CC)C(=O)/C=C(\O)C(CC)CC.C[Si](C)(C)c1ccc2c(c1)c1cccc3c4cc5ccccc5[c-]c4c4nccc2c4c31.[Ir]. The van der Waals surface area contributed by atoms with Crippen molar-refractivity contribution in [2.75, 3.05) is 0 Å². The zero-order valence-electron chi connectivity index (χ0n) is 29.2. The Kier molecular flexibility index (Phi) is 10.7. The minimum atomic E-state index is -1.42. The van der Waals surface area contributed by atoms with Crippen LogP contribution in [0.3, 0.4) is 0 Å². The van der Waals surface area contributed by atoms with Crippen molar-refractivity contribution in [1.82, 2.24) is 4.98 Å². The predicted molar refractivity (Wildman–Crippen MR) is 206 cm³/mol. The molecule has 0 saturated heterocycles. The van der Waals surface area contributed by atoms with Crippen LogP contribution in [0.4, 0.5) is 0 Å². The molecule has 0 aliphatic rings. The number of hydrogen-bond acceptors (Lipinski definition) is 3. The van der Waals surface area contributed by atoms with Crippen molar-refractivity contribution in [3.63, 3.8) is 0 Å². The fourth-order valence-electron chi connectivity index (χ4n) is 7.21. The molecule has 0 aliphatic carbocycles. The average Bonchev–Trinajstić information content (AvgIpc) is 3.08. The molecule has 7 aromatic rings. The molecule has 0 unspecified atom stereocenters. The van der Waals surface area contributed by atoms with Crippen LogP contribution in [0.25, 0.3) is 64.8 Å². The second kappa shape index (κ2) is 14.5. The number of nitrogens with zero attached hydrogens (tertiary/aromatic N) is 1. The molecule has 1 radical (unpaired) electrons. The van der Waals surface area contributed by atoms with Crippen molar-refractivity contribution < 1.29 is 30.0 Å². The Morgan fingerprint density at radius 2 is 1.40 bits per heavy atom. The van der Waals surface area contributed by atoms with Crippen LogP contribution in [0, 0.1) is 17.9 Å². The maximum Gasteiger partial charge on any atom is 0.162 e. The molecule has 5 heteroatoms. The molecule has 1 aromatic heterocycles. The second-order valence-corrected chi connectivity index (χ2v) is 19.0. The van der Waals surface area contributed by atoms with E-state index in [0.29, 0.717) is 0 Å². The van der Waals surface area contributed by atoms with Gasteiger partial charge in [0, 0.05) is 49.7 Å². The molecule has 0 aliphatic heterocycles. The van der Waals surface area contributed by atoms with Crippen molar-refractivity contribution in [2.45, 2.75) is 73.0 Å². The van der Waals surface area contributed by atoms with E-state index in [1.165, 1.54) is 59.7 Å². The molecule has 0 amide bonds. The zero-order chi connectivity index (χ0) is 33.5. The van der Waals surface area contributed by atoms with E-state index in [1.807, 2.05) is 33.9 Å². The molecule has 3 nitrogen and oxygen atoms in total. The van der Waals surface area contributed by atoms with Gasteiger partial charge in [0.25, 0.3) is 0 Å². The minimum absolute atomic E-state index is 0. The van der Waals surface area contributed by atoms with E-state index in [-0.39, 0.29) is 43.5 Å². The summed E-state index contributed by atoms with van der Waals surface area (Å²) < 4.78 is 0. The van der Waals surface area contributed by atoms with Gasteiger partial charge in [-0.15, -0.1) is 23.6 Å². The third-order valence-corrected chi connectivity index (χ3v) is 12.2. The molecular formula is C43H46IrNO2Si-. The Morgan fingerprint density at radius 3 is 2.06 bits per heavy atom. The van der Waals surface area contributed by atoms with Crippen LogP contribution in [-0.2, 0) is 24.9 Å². The molecule has 6 aromatic carbocycles. The first kappa shape index (κ1) is 35.7. The number of benzene rings is 6. The van der Waals surface area contributed by atoms with Gasteiger partial charge >= 0.3 is 0 Å². The molecule has 0 atom stereocenters. The largest absolute Gasteiger partial charge is 0.512 e. The molecule has 1 heterocycles. The number of rotatable bonds is 8. The van der Waals surface area contributed by atoms with E-state index >= 15 is 0 Å². The Morgan fingerprint density at radius 1 is 0.750 bits per heavy atom. The number of carbonyl (C=O) groups excluding carboxylic acids is 1. The number of carbonyl (C=O) groups is 1. The third kappa shape index (κ3) is 6.41. The van der Waals surface area contributed by atoms with Crippen molar-refractivity contribution in [1.29, 1.82) is 0 Å². The molecule has 0 fully saturated rings. The monoisotopic (exact) mass is 829 g/mol. The van der Waals surface area contributed by atoms with Crippen LogP contribution in [0.5, 0.6) is 0 Å². The predicted octanol–water partition coefficient (Wildman–Crippen LogP) is 11.7. The Bertz CT molecular complexity index is 2280. The van der Waals surface area contributed by atoms with Gasteiger partial charge in [0.1, 0.15) is 0 Å². The average molecular weight is 829 g/mol. The van der Waals surface area contributed by atoms with Gasteiger partial charge in [-0.1, -0.05) is 123 Å². The normalized spacial score (nSPS) is 12.5. The van der Waals surface area contributed by atoms with E-state index in [9.17, 15) is 9.90 Å². The standard InChI is InChI=1S/C30H22NSi.C13H24O2.Ir/c1-32(2,3)20-11-12-21-24-13-14-31-30-27-16-19-8-5-4-7-18(19)15-25(27)22-9-6-10-23(26(21)17-20)28(22)29(24)30;1-5-10(6-2)12(14)9-13(15)11(7-3)8-4;/h4-15,17H,1-3H3;9-11,14H,5-8H2,1-4H3;/q-1;;/b;12-9-;. The fraction of sp³-hybridized carbons (Fsp3) is 0.302. The van der Waals surface area contributed by atoms with Crippen LogP contribution in [0.2, 0.25) is 19.6 Å². The smallest absolute Gasteiger partial charge is 0.162 e. The van der Waals surface area contributed by atoms with Gasteiger partial charge in [-0.2, -0.15) is 0 Å². The number of aliphatic hydroxyl groups excluding tert-OH is 1. The third-order valence-electron chi connectivity index (χ3n) is 10.1. The number of pyridine rings is 1. The van der Waals surface area contributed by atoms with Gasteiger partial charge < -0.3 is 5.11 Å². The molecule has 0 spiro atoms. The number of allylic oxidation sites excluding steroid dienone is 2. The summed E-state index contributed by atoms with van der Waals surface area (Å²) in [4.78, 5) is 16.6. The summed E-state index contributed by atoms with van der Waals surface area (Å²) in [6.07, 6.45) is 6.87. The second-order valence-electron chi connectivity index (χ2n) is 14.0. The van der Waals surface area contributed by atoms with Gasteiger partial charge in [0.2, 0.25) is 0 Å². The molecule has 48 heavy (non-hydrogen) atoms. The van der Waals surface area contributed by atoms with Gasteiger partial charge in [0.05, 0.1) is 13.8 Å². The quantitative estimate of drug-likeness (QED) is 0.0415. The van der Waals surface area contributed by atoms with Crippen LogP contribution in [-0.4, -0.2) is 23.9 Å². The van der Waals surface area contributed by atoms with Crippen molar-refractivity contribution in [2.24, 2.45) is 11.8 Å². The summed E-state index contributed by atoms with van der Waals surface area (Å²) >= 11 is 0. The minimum Gasteiger partial charge on any atom is -0.512 e. The van der Waals surface area contributed by atoms with Crippen LogP contribution in [0.1, 0.15) is 53.4 Å². The summed E-state index contributed by atoms with van der Waals surface area (Å²) in [7, 11) is -1.42. The fourth-order valence-corrected chi connectivity index (χ4v) is 8.37. The number of fused-ring (bicyclic) bond motifs is 7. The van der Waals surface area contributed by atoms with Crippen molar-refractivity contribution in [3.05, 3.63) is 96.9 Å². The molecule has 1 N–H and O–H groups in total. The van der Waals surface area contributed by atoms with E-state index in [1.54, 1.807) is 0 Å². The summed E-state index contributed by atoms with van der Waals surface area (Å²) in [5.74, 6) is 0.547. The Balaban J connectivity index is 0.000000243. The number of ketones is 1. The van der Waals surface area contributed by atoms with Gasteiger partial charge in [-0.05, 0) is 69.5 Å². The first-order valence-electron chi connectivity index (χ1n) is 17.3. The summed E-state index contributed by atoms with van der Waals surface area (Å²) in [6.45, 7) is 15.3. The van der Waals surface area contributed by atoms with Gasteiger partial charge in [-0.3, -0.25) is 9.78 Å². The van der Waals surface area contributed by atoms with Crippen LogP contribution >= 0.6 is 0 Å². The number of aromatic nitrogens is 1. The molecule has 249 valence electrons. The zero-order valence-corrected chi connectivity index (χ0v) is 32.6.